The molecule has 3 fully saturated rings. The minimum Gasteiger partial charge on any atom is -0.507 e. The molecule has 488 valence electrons. The first kappa shape index (κ1) is 65.1. The summed E-state index contributed by atoms with van der Waals surface area (Å²) in [6.45, 7) is 2.74. The highest BCUT2D eigenvalue weighted by molar-refractivity contribution is 6.34. The van der Waals surface area contributed by atoms with Gasteiger partial charge in [0.25, 0.3) is 0 Å². The zero-order valence-electron chi connectivity index (χ0n) is 50.7. The number of β-amino-alcohol motifs (C(OH)–C–C–N with tert-alkyl or cyclic N) is 3. The van der Waals surface area contributed by atoms with Gasteiger partial charge in [-0.25, -0.2) is 9.59 Å². The molecule has 6 aromatic carbocycles. The molecule has 26 heteroatoms. The molecule has 12 rings (SSSR count). The molecule has 3 aliphatic rings. The fourth-order valence-corrected chi connectivity index (χ4v) is 13.3. The maximum absolute atomic E-state index is 14.9. The zero-order chi connectivity index (χ0) is 66.4. The van der Waals surface area contributed by atoms with Crippen molar-refractivity contribution >= 4 is 86.0 Å². The highest BCUT2D eigenvalue weighted by atomic mass is 35.5. The van der Waals surface area contributed by atoms with E-state index in [0.29, 0.717) is 29.7 Å². The van der Waals surface area contributed by atoms with Crippen molar-refractivity contribution in [3.63, 3.8) is 0 Å². The fraction of sp³-hybridized carbons (Fsp3) is 0.294. The van der Waals surface area contributed by atoms with E-state index in [-0.39, 0.29) is 163 Å². The van der Waals surface area contributed by atoms with Crippen LogP contribution < -0.4 is 40.2 Å². The smallest absolute Gasteiger partial charge is 0.507 e. The van der Waals surface area contributed by atoms with Crippen LogP contribution in [0.3, 0.4) is 0 Å². The number of carbonyl (C=O) groups excluding carboxylic acids is 3. The van der Waals surface area contributed by atoms with E-state index in [1.165, 1.54) is 41.3 Å². The SMILES string of the molecule is CCOC(=O)Oc1cc(O)c2c(=O)cc(-c3ccccc3Cl)oc2c1[C@H]1CCN(Oc2cc(OC(=O)OC)c([C@H]3CCN(Oc4cc(OC(C)=O)c([C@H]5CCN(C)C[C@H]5O)c5oc(-c6ccccc6Cl)cc(=O)c45)C[C@H]3O)c3oc(-c4ccccc4Cl)cc(=O)c23)C[C@H]1O. The summed E-state index contributed by atoms with van der Waals surface area (Å²) >= 11 is 19.9. The number of phenolic OH excluding ortho intramolecular Hbond substituents is 1. The molecular weight excluding hydrogens is 1290 g/mol. The second-order valence-corrected chi connectivity index (χ2v) is 24.1. The number of likely N-dealkylation sites (N-methyl/N-ethyl adjacent to an activating group) is 1. The number of rotatable bonds is 14. The van der Waals surface area contributed by atoms with Crippen molar-refractivity contribution in [1.82, 2.24) is 15.0 Å². The first-order chi connectivity index (χ1) is 45.2. The van der Waals surface area contributed by atoms with Crippen molar-refractivity contribution in [2.45, 2.75) is 69.2 Å². The number of aliphatic hydroxyl groups is 3. The number of methoxy groups -OCH3 is 1. The van der Waals surface area contributed by atoms with Gasteiger partial charge in [0.1, 0.15) is 73.2 Å². The number of likely N-dealkylation sites (tertiary alicyclic amines) is 1. The van der Waals surface area contributed by atoms with Crippen molar-refractivity contribution in [1.29, 1.82) is 0 Å². The van der Waals surface area contributed by atoms with Crippen LogP contribution in [0.2, 0.25) is 15.1 Å². The number of benzene rings is 6. The van der Waals surface area contributed by atoms with Gasteiger partial charge in [0.2, 0.25) is 0 Å². The standard InChI is InChI=1S/C68H60Cl3N3O20/c1-5-86-68(84)92-53-27-44(77)61-43(76)24-50(34-12-6-9-15-40(34)69)88-64(61)58(53)38-19-22-74(31-48(38)81)94-57-29-55(91-67(83)85-4)60(66-63(57)46(79)26-52(90-66)36-14-8-11-17-42(36)71)39-20-23-73(32-49(39)82)93-56-28-54(87-33(2)75)59(37-18-21-72(3)30-47(37)80)65-62(56)45(78)25-51(89-65)35-13-7-10-16-41(35)70/h6-17,24-29,37-39,47-49,77,80-82H,5,18-23,30-32H2,1-4H3/t37-,38-,39-,47+,48+,49+/m0/s1. The van der Waals surface area contributed by atoms with Gasteiger partial charge in [-0.15, -0.1) is 10.1 Å². The summed E-state index contributed by atoms with van der Waals surface area (Å²) in [6, 6.07) is 27.2. The van der Waals surface area contributed by atoms with Crippen LogP contribution in [0.15, 0.2) is 137 Å². The Labute approximate surface area is 549 Å². The maximum atomic E-state index is 14.9. The van der Waals surface area contributed by atoms with Gasteiger partial charge in [0.15, 0.2) is 27.8 Å². The molecular formula is C68H60Cl3N3O20. The fourth-order valence-electron chi connectivity index (χ4n) is 12.6. The Hall–Kier alpha value is -9.01. The van der Waals surface area contributed by atoms with Crippen molar-refractivity contribution in [2.24, 2.45) is 0 Å². The van der Waals surface area contributed by atoms with Crippen molar-refractivity contribution in [3.05, 3.63) is 172 Å². The summed E-state index contributed by atoms with van der Waals surface area (Å²) in [6.07, 6.45) is -5.91. The lowest BCUT2D eigenvalue weighted by Gasteiger charge is -2.37. The number of piperidine rings is 3. The van der Waals surface area contributed by atoms with Crippen molar-refractivity contribution in [2.75, 3.05) is 60.0 Å². The Morgan fingerprint density at radius 3 is 1.31 bits per heavy atom. The van der Waals surface area contributed by atoms with E-state index in [4.69, 9.17) is 81.4 Å². The van der Waals surface area contributed by atoms with E-state index in [1.54, 1.807) is 79.7 Å². The monoisotopic (exact) mass is 1340 g/mol. The topological polar surface area (TPSA) is 297 Å². The third-order valence-electron chi connectivity index (χ3n) is 16.8. The number of nitrogens with zero attached hydrogens (tertiary/aromatic N) is 3. The highest BCUT2D eigenvalue weighted by Gasteiger charge is 2.41. The number of aliphatic hydroxyl groups excluding tert-OH is 3. The average molecular weight is 1350 g/mol. The molecule has 3 aliphatic heterocycles. The third-order valence-corrected chi connectivity index (χ3v) is 17.8. The predicted molar refractivity (Wildman–Crippen MR) is 344 cm³/mol. The van der Waals surface area contributed by atoms with Crippen LogP contribution >= 0.6 is 34.8 Å². The molecule has 6 atom stereocenters. The summed E-state index contributed by atoms with van der Waals surface area (Å²) in [7, 11) is 2.93. The van der Waals surface area contributed by atoms with Gasteiger partial charge >= 0.3 is 18.3 Å². The molecule has 0 aliphatic carbocycles. The van der Waals surface area contributed by atoms with Gasteiger partial charge in [-0.05, 0) is 76.2 Å². The summed E-state index contributed by atoms with van der Waals surface area (Å²) < 4.78 is 47.1. The molecule has 3 aromatic heterocycles. The summed E-state index contributed by atoms with van der Waals surface area (Å²) in [5.74, 6) is -4.92. The van der Waals surface area contributed by atoms with E-state index >= 15 is 0 Å². The largest absolute Gasteiger partial charge is 0.513 e. The normalized spacial score (nSPS) is 19.6. The molecule has 0 amide bonds. The van der Waals surface area contributed by atoms with E-state index in [0.717, 1.165) is 19.2 Å². The lowest BCUT2D eigenvalue weighted by Crippen LogP contribution is -2.45. The number of ether oxygens (including phenoxy) is 5. The Bertz CT molecular complexity index is 4670. The molecule has 9 aromatic rings. The molecule has 0 spiro atoms. The predicted octanol–water partition coefficient (Wildman–Crippen LogP) is 11.3. The van der Waals surface area contributed by atoms with Gasteiger partial charge in [-0.1, -0.05) is 71.2 Å². The molecule has 4 N–H and O–H groups in total. The van der Waals surface area contributed by atoms with E-state index in [1.807, 2.05) is 11.9 Å². The number of carbonyl (C=O) groups is 3. The van der Waals surface area contributed by atoms with E-state index < -0.39 is 76.4 Å². The summed E-state index contributed by atoms with van der Waals surface area (Å²) in [5, 5.41) is 50.6. The van der Waals surface area contributed by atoms with Crippen LogP contribution in [-0.4, -0.2) is 132 Å². The van der Waals surface area contributed by atoms with Crippen molar-refractivity contribution < 1.29 is 81.4 Å². The summed E-state index contributed by atoms with van der Waals surface area (Å²) in [5.41, 5.74) is -1.03. The lowest BCUT2D eigenvalue weighted by atomic mass is 9.85. The third kappa shape index (κ3) is 12.9. The van der Waals surface area contributed by atoms with Crippen LogP contribution in [0.4, 0.5) is 9.59 Å². The number of fused-ring (bicyclic) bond motifs is 3. The molecule has 6 heterocycles. The molecule has 3 saturated heterocycles. The minimum absolute atomic E-state index is 0.00664. The van der Waals surface area contributed by atoms with Gasteiger partial charge in [-0.3, -0.25) is 19.2 Å². The van der Waals surface area contributed by atoms with Gasteiger partial charge in [0.05, 0.1) is 60.2 Å². The van der Waals surface area contributed by atoms with Gasteiger partial charge in [0, 0.05) is 114 Å². The minimum atomic E-state index is -1.46. The van der Waals surface area contributed by atoms with Gasteiger partial charge in [-0.2, -0.15) is 0 Å². The van der Waals surface area contributed by atoms with Crippen LogP contribution in [0.25, 0.3) is 66.9 Å². The quantitative estimate of drug-likeness (QED) is 0.0447. The highest BCUT2D eigenvalue weighted by Crippen LogP contribution is 2.49. The van der Waals surface area contributed by atoms with Crippen molar-refractivity contribution in [3.8, 4) is 68.5 Å². The molecule has 0 unspecified atom stereocenters. The number of esters is 1. The first-order valence-corrected chi connectivity index (χ1v) is 31.1. The van der Waals surface area contributed by atoms with Crippen LogP contribution in [-0.2, 0) is 14.3 Å². The second kappa shape index (κ2) is 27.1. The number of phenols is 1. The number of hydrogen-bond donors (Lipinski definition) is 4. The lowest BCUT2D eigenvalue weighted by molar-refractivity contribution is -0.132. The average Bonchev–Trinajstić information content (AvgIpc) is 0.755. The molecule has 0 saturated carbocycles. The summed E-state index contributed by atoms with van der Waals surface area (Å²) in [4.78, 5) is 97.8. The maximum Gasteiger partial charge on any atom is 0.513 e. The van der Waals surface area contributed by atoms with Gasteiger partial charge < -0.3 is 71.9 Å². The second-order valence-electron chi connectivity index (χ2n) is 22.9. The van der Waals surface area contributed by atoms with Crippen LogP contribution in [0, 0.1) is 0 Å². The molecule has 23 nitrogen and oxygen atoms in total. The molecule has 0 radical (unpaired) electrons. The Morgan fingerprint density at radius 1 is 0.521 bits per heavy atom. The number of hydrogen-bond acceptors (Lipinski definition) is 23. The van der Waals surface area contributed by atoms with E-state index in [2.05, 4.69) is 0 Å². The molecule has 0 bridgehead atoms. The van der Waals surface area contributed by atoms with E-state index in [9.17, 15) is 49.2 Å². The van der Waals surface area contributed by atoms with Crippen LogP contribution in [0.1, 0.15) is 67.6 Å². The Balaban J connectivity index is 0.918. The number of aromatic hydroxyl groups is 1. The molecule has 94 heavy (non-hydrogen) atoms. The Kier molecular flexibility index (Phi) is 18.8. The zero-order valence-corrected chi connectivity index (χ0v) is 53.0. The Morgan fingerprint density at radius 2 is 0.904 bits per heavy atom. The first-order valence-electron chi connectivity index (χ1n) is 29.9. The number of halogens is 3. The van der Waals surface area contributed by atoms with Crippen LogP contribution in [0.5, 0.6) is 34.5 Å². The number of hydroxylamine groups is 4.